The molecule has 0 aliphatic carbocycles. The van der Waals surface area contributed by atoms with Crippen molar-refractivity contribution in [3.05, 3.63) is 40.6 Å². The first-order valence-electron chi connectivity index (χ1n) is 8.53. The van der Waals surface area contributed by atoms with Gasteiger partial charge in [-0.25, -0.2) is 4.79 Å². The minimum Gasteiger partial charge on any atom is -0.444 e. The maximum absolute atomic E-state index is 12.3. The third-order valence-corrected chi connectivity index (χ3v) is 5.08. The van der Waals surface area contributed by atoms with E-state index in [-0.39, 0.29) is 12.3 Å². The van der Waals surface area contributed by atoms with Crippen LogP contribution in [0, 0.1) is 0 Å². The molecule has 1 saturated heterocycles. The second-order valence-corrected chi connectivity index (χ2v) is 8.38. The van der Waals surface area contributed by atoms with Crippen LogP contribution in [0.2, 0.25) is 0 Å². The molecule has 2 aromatic rings. The van der Waals surface area contributed by atoms with Gasteiger partial charge in [0.2, 0.25) is 0 Å². The number of hydrogen-bond acceptors (Lipinski definition) is 4. The third kappa shape index (κ3) is 3.96. The quantitative estimate of drug-likeness (QED) is 0.763. The van der Waals surface area contributed by atoms with Gasteiger partial charge in [-0.3, -0.25) is 9.88 Å². The summed E-state index contributed by atoms with van der Waals surface area (Å²) in [4.78, 5) is 18.2. The summed E-state index contributed by atoms with van der Waals surface area (Å²) < 4.78 is 6.46. The van der Waals surface area contributed by atoms with Crippen LogP contribution >= 0.6 is 15.9 Å². The van der Waals surface area contributed by atoms with Crippen molar-refractivity contribution in [3.8, 4) is 0 Å². The summed E-state index contributed by atoms with van der Waals surface area (Å²) in [5.41, 5.74) is 7.05. The molecule has 5 nitrogen and oxygen atoms in total. The lowest BCUT2D eigenvalue weighted by atomic mass is 9.85. The SMILES string of the molecule is CC(C)(C)OC(=O)N1CCC(c2cccc3cncc(Br)c23)CC1N. The molecule has 1 aromatic carbocycles. The molecule has 0 radical (unpaired) electrons. The Labute approximate surface area is 156 Å². The van der Waals surface area contributed by atoms with Crippen molar-refractivity contribution < 1.29 is 9.53 Å². The molecule has 2 atom stereocenters. The highest BCUT2D eigenvalue weighted by molar-refractivity contribution is 9.10. The van der Waals surface area contributed by atoms with Gasteiger partial charge >= 0.3 is 6.09 Å². The molecule has 1 fully saturated rings. The molecule has 3 rings (SSSR count). The Morgan fingerprint density at radius 2 is 2.12 bits per heavy atom. The lowest BCUT2D eigenvalue weighted by molar-refractivity contribution is 0.00893. The molecule has 0 bridgehead atoms. The predicted molar refractivity (Wildman–Crippen MR) is 102 cm³/mol. The highest BCUT2D eigenvalue weighted by Gasteiger charge is 2.33. The number of nitrogens with zero attached hydrogens (tertiary/aromatic N) is 2. The van der Waals surface area contributed by atoms with Gasteiger partial charge in [0.25, 0.3) is 0 Å². The average molecular weight is 406 g/mol. The first kappa shape index (κ1) is 18.1. The molecule has 2 N–H and O–H groups in total. The van der Waals surface area contributed by atoms with Gasteiger partial charge in [-0.2, -0.15) is 0 Å². The molecule has 1 aliphatic rings. The van der Waals surface area contributed by atoms with Crippen molar-refractivity contribution in [3.63, 3.8) is 0 Å². The first-order chi connectivity index (χ1) is 11.8. The Morgan fingerprint density at radius 1 is 1.36 bits per heavy atom. The summed E-state index contributed by atoms with van der Waals surface area (Å²) in [5, 5.41) is 2.29. The third-order valence-electron chi connectivity index (χ3n) is 4.48. The summed E-state index contributed by atoms with van der Waals surface area (Å²) in [6.07, 6.45) is 4.60. The second kappa shape index (κ2) is 6.92. The van der Waals surface area contributed by atoms with E-state index < -0.39 is 5.60 Å². The Hall–Kier alpha value is -1.66. The number of ether oxygens (including phenoxy) is 1. The number of pyridine rings is 1. The summed E-state index contributed by atoms with van der Waals surface area (Å²) in [7, 11) is 0. The molecule has 2 heterocycles. The molecule has 1 aliphatic heterocycles. The standard InChI is InChI=1S/C19H24BrN3O2/c1-19(2,3)25-18(24)23-8-7-12(9-16(23)21)14-6-4-5-13-10-22-11-15(20)17(13)14/h4-6,10-12,16H,7-9,21H2,1-3H3. The van der Waals surface area contributed by atoms with Crippen LogP contribution in [0.1, 0.15) is 45.1 Å². The van der Waals surface area contributed by atoms with E-state index in [0.29, 0.717) is 18.9 Å². The van der Waals surface area contributed by atoms with E-state index >= 15 is 0 Å². The van der Waals surface area contributed by atoms with Crippen molar-refractivity contribution >= 4 is 32.8 Å². The van der Waals surface area contributed by atoms with Crippen molar-refractivity contribution in [1.82, 2.24) is 9.88 Å². The Balaban J connectivity index is 1.81. The number of rotatable bonds is 1. The van der Waals surface area contributed by atoms with Crippen LogP contribution in [0.5, 0.6) is 0 Å². The number of benzene rings is 1. The van der Waals surface area contributed by atoms with Crippen molar-refractivity contribution in [1.29, 1.82) is 0 Å². The smallest absolute Gasteiger partial charge is 0.411 e. The molecule has 6 heteroatoms. The van der Waals surface area contributed by atoms with Crippen molar-refractivity contribution in [2.24, 2.45) is 5.73 Å². The van der Waals surface area contributed by atoms with Crippen LogP contribution in [0.15, 0.2) is 35.1 Å². The monoisotopic (exact) mass is 405 g/mol. The van der Waals surface area contributed by atoms with Gasteiger partial charge in [0.05, 0.1) is 6.17 Å². The number of piperidine rings is 1. The lowest BCUT2D eigenvalue weighted by Crippen LogP contribution is -2.51. The molecule has 1 aromatic heterocycles. The number of aromatic nitrogens is 1. The molecule has 0 saturated carbocycles. The number of halogens is 1. The fourth-order valence-electron chi connectivity index (χ4n) is 3.39. The number of carbonyl (C=O) groups excluding carboxylic acids is 1. The fourth-order valence-corrected chi connectivity index (χ4v) is 3.96. The highest BCUT2D eigenvalue weighted by atomic mass is 79.9. The van der Waals surface area contributed by atoms with E-state index in [1.165, 1.54) is 10.9 Å². The van der Waals surface area contributed by atoms with Crippen LogP contribution in [0.4, 0.5) is 4.79 Å². The van der Waals surface area contributed by atoms with Gasteiger partial charge in [0.15, 0.2) is 0 Å². The molecule has 1 amide bonds. The van der Waals surface area contributed by atoms with Crippen LogP contribution in [0.3, 0.4) is 0 Å². The van der Waals surface area contributed by atoms with Gasteiger partial charge in [0, 0.05) is 34.2 Å². The molecule has 2 unspecified atom stereocenters. The Bertz CT molecular complexity index is 783. The largest absolute Gasteiger partial charge is 0.444 e. The number of amides is 1. The maximum Gasteiger partial charge on any atom is 0.411 e. The number of fused-ring (bicyclic) bond motifs is 1. The van der Waals surface area contributed by atoms with E-state index in [9.17, 15) is 4.79 Å². The Morgan fingerprint density at radius 3 is 2.80 bits per heavy atom. The summed E-state index contributed by atoms with van der Waals surface area (Å²) in [6.45, 7) is 6.19. The van der Waals surface area contributed by atoms with Crippen LogP contribution < -0.4 is 5.73 Å². The molecule has 0 spiro atoms. The number of nitrogens with two attached hydrogens (primary N) is 1. The van der Waals surface area contributed by atoms with E-state index in [1.807, 2.05) is 33.2 Å². The predicted octanol–water partition coefficient (Wildman–Crippen LogP) is 4.40. The highest BCUT2D eigenvalue weighted by Crippen LogP contribution is 2.37. The van der Waals surface area contributed by atoms with Crippen molar-refractivity contribution in [2.75, 3.05) is 6.54 Å². The van der Waals surface area contributed by atoms with E-state index in [1.54, 1.807) is 4.90 Å². The minimum absolute atomic E-state index is 0.302. The number of likely N-dealkylation sites (tertiary alicyclic amines) is 1. The molecular formula is C19H24BrN3O2. The summed E-state index contributed by atoms with van der Waals surface area (Å²) in [6, 6.07) is 6.26. The zero-order valence-electron chi connectivity index (χ0n) is 14.8. The maximum atomic E-state index is 12.3. The molecular weight excluding hydrogens is 382 g/mol. The summed E-state index contributed by atoms with van der Waals surface area (Å²) in [5.74, 6) is 0.302. The summed E-state index contributed by atoms with van der Waals surface area (Å²) >= 11 is 3.62. The average Bonchev–Trinajstić information content (AvgIpc) is 2.52. The van der Waals surface area contributed by atoms with Crippen LogP contribution in [-0.4, -0.2) is 34.3 Å². The van der Waals surface area contributed by atoms with E-state index in [0.717, 1.165) is 16.3 Å². The van der Waals surface area contributed by atoms with Crippen molar-refractivity contribution in [2.45, 2.75) is 51.3 Å². The van der Waals surface area contributed by atoms with E-state index in [2.05, 4.69) is 39.1 Å². The van der Waals surface area contributed by atoms with Gasteiger partial charge in [-0.05, 0) is 61.0 Å². The van der Waals surface area contributed by atoms with Gasteiger partial charge in [-0.15, -0.1) is 0 Å². The van der Waals surface area contributed by atoms with Crippen LogP contribution in [0.25, 0.3) is 10.8 Å². The topological polar surface area (TPSA) is 68.5 Å². The fraction of sp³-hybridized carbons (Fsp3) is 0.474. The molecule has 134 valence electrons. The Kier molecular flexibility index (Phi) is 5.02. The number of carbonyl (C=O) groups is 1. The number of hydrogen-bond donors (Lipinski definition) is 1. The zero-order chi connectivity index (χ0) is 18.2. The van der Waals surface area contributed by atoms with Gasteiger partial charge in [-0.1, -0.05) is 18.2 Å². The van der Waals surface area contributed by atoms with Gasteiger partial charge < -0.3 is 10.5 Å². The first-order valence-corrected chi connectivity index (χ1v) is 9.33. The van der Waals surface area contributed by atoms with E-state index in [4.69, 9.17) is 10.5 Å². The lowest BCUT2D eigenvalue weighted by Gasteiger charge is -2.38. The van der Waals surface area contributed by atoms with Crippen LogP contribution in [-0.2, 0) is 4.74 Å². The molecule has 25 heavy (non-hydrogen) atoms. The minimum atomic E-state index is -0.513. The van der Waals surface area contributed by atoms with Gasteiger partial charge in [0.1, 0.15) is 5.60 Å². The zero-order valence-corrected chi connectivity index (χ0v) is 16.4. The normalized spacial score (nSPS) is 21.4. The second-order valence-electron chi connectivity index (χ2n) is 7.53.